The van der Waals surface area contributed by atoms with Crippen molar-refractivity contribution in [1.29, 1.82) is 0 Å². The number of aromatic nitrogens is 2. The quantitative estimate of drug-likeness (QED) is 0.825. The van der Waals surface area contributed by atoms with E-state index in [0.29, 0.717) is 6.54 Å². The minimum atomic E-state index is -0.367. The van der Waals surface area contributed by atoms with Crippen LogP contribution in [-0.2, 0) is 6.54 Å². The van der Waals surface area contributed by atoms with Crippen molar-refractivity contribution in [2.45, 2.75) is 19.6 Å². The Morgan fingerprint density at radius 2 is 2.00 bits per heavy atom. The van der Waals surface area contributed by atoms with E-state index in [2.05, 4.69) is 5.10 Å². The number of hydrogen-bond donors (Lipinski definition) is 1. The van der Waals surface area contributed by atoms with Gasteiger partial charge < -0.3 is 5.11 Å². The molecule has 78 valence electrons. The van der Waals surface area contributed by atoms with E-state index < -0.39 is 0 Å². The van der Waals surface area contributed by atoms with Gasteiger partial charge in [0, 0.05) is 11.8 Å². The largest absolute Gasteiger partial charge is 0.391 e. The van der Waals surface area contributed by atoms with E-state index in [-0.39, 0.29) is 6.10 Å². The number of aliphatic hydroxyl groups is 1. The van der Waals surface area contributed by atoms with Gasteiger partial charge in [0.2, 0.25) is 0 Å². The summed E-state index contributed by atoms with van der Waals surface area (Å²) in [6.07, 6.45) is 3.40. The van der Waals surface area contributed by atoms with Crippen molar-refractivity contribution < 1.29 is 5.11 Å². The lowest BCUT2D eigenvalue weighted by Crippen LogP contribution is -2.11. The van der Waals surface area contributed by atoms with Crippen molar-refractivity contribution in [3.63, 3.8) is 0 Å². The minimum absolute atomic E-state index is 0.367. The molecule has 1 N–H and O–H groups in total. The summed E-state index contributed by atoms with van der Waals surface area (Å²) in [6, 6.07) is 10.1. The van der Waals surface area contributed by atoms with E-state index in [4.69, 9.17) is 0 Å². The van der Waals surface area contributed by atoms with Crippen LogP contribution in [0.5, 0.6) is 0 Å². The summed E-state index contributed by atoms with van der Waals surface area (Å²) in [4.78, 5) is 0. The Hall–Kier alpha value is -1.61. The molecule has 1 atom stereocenters. The second-order valence-electron chi connectivity index (χ2n) is 3.67. The van der Waals surface area contributed by atoms with Gasteiger partial charge in [0.15, 0.2) is 0 Å². The fraction of sp³-hybridized carbons (Fsp3) is 0.250. The van der Waals surface area contributed by atoms with Crippen LogP contribution in [0.2, 0.25) is 0 Å². The summed E-state index contributed by atoms with van der Waals surface area (Å²) < 4.78 is 1.76. The van der Waals surface area contributed by atoms with E-state index in [1.807, 2.05) is 42.7 Å². The monoisotopic (exact) mass is 202 g/mol. The Morgan fingerprint density at radius 1 is 1.27 bits per heavy atom. The van der Waals surface area contributed by atoms with E-state index in [9.17, 15) is 5.11 Å². The summed E-state index contributed by atoms with van der Waals surface area (Å²) in [6.45, 7) is 2.29. The minimum Gasteiger partial charge on any atom is -0.391 e. The fourth-order valence-electron chi connectivity index (χ4n) is 1.51. The molecule has 3 nitrogen and oxygen atoms in total. The Morgan fingerprint density at radius 3 is 2.67 bits per heavy atom. The highest BCUT2D eigenvalue weighted by molar-refractivity contribution is 5.61. The third-order valence-corrected chi connectivity index (χ3v) is 2.19. The molecule has 0 fully saturated rings. The molecule has 0 aliphatic rings. The van der Waals surface area contributed by atoms with Gasteiger partial charge in [-0.2, -0.15) is 5.10 Å². The molecule has 2 rings (SSSR count). The van der Waals surface area contributed by atoms with Gasteiger partial charge in [-0.05, 0) is 12.5 Å². The second-order valence-corrected chi connectivity index (χ2v) is 3.67. The van der Waals surface area contributed by atoms with Gasteiger partial charge in [0.1, 0.15) is 0 Å². The molecule has 0 spiro atoms. The van der Waals surface area contributed by atoms with Gasteiger partial charge in [-0.1, -0.05) is 30.3 Å². The zero-order valence-electron chi connectivity index (χ0n) is 8.67. The molecule has 0 saturated carbocycles. The van der Waals surface area contributed by atoms with Crippen molar-refractivity contribution in [1.82, 2.24) is 9.78 Å². The molecule has 0 aliphatic heterocycles. The average molecular weight is 202 g/mol. The predicted octanol–water partition coefficient (Wildman–Crippen LogP) is 1.93. The molecule has 0 amide bonds. The van der Waals surface area contributed by atoms with Gasteiger partial charge in [-0.15, -0.1) is 0 Å². The normalized spacial score (nSPS) is 12.7. The van der Waals surface area contributed by atoms with E-state index in [1.54, 1.807) is 11.6 Å². The van der Waals surface area contributed by atoms with Crippen LogP contribution >= 0.6 is 0 Å². The van der Waals surface area contributed by atoms with E-state index in [1.165, 1.54) is 0 Å². The highest BCUT2D eigenvalue weighted by atomic mass is 16.3. The SMILES string of the molecule is CC(O)Cn1cc(-c2ccccc2)cn1. The molecule has 3 heteroatoms. The molecule has 1 heterocycles. The summed E-state index contributed by atoms with van der Waals surface area (Å²) in [5.41, 5.74) is 2.23. The molecule has 0 aliphatic carbocycles. The van der Waals surface area contributed by atoms with Crippen molar-refractivity contribution in [3.8, 4) is 11.1 Å². The first-order valence-electron chi connectivity index (χ1n) is 5.01. The first kappa shape index (κ1) is 9.93. The molecular weight excluding hydrogens is 188 g/mol. The van der Waals surface area contributed by atoms with Gasteiger partial charge in [-0.25, -0.2) is 0 Å². The zero-order valence-corrected chi connectivity index (χ0v) is 8.67. The predicted molar refractivity (Wildman–Crippen MR) is 59.3 cm³/mol. The molecule has 1 aromatic carbocycles. The van der Waals surface area contributed by atoms with Crippen LogP contribution < -0.4 is 0 Å². The van der Waals surface area contributed by atoms with Crippen molar-refractivity contribution in [3.05, 3.63) is 42.7 Å². The van der Waals surface area contributed by atoms with Crippen LogP contribution in [0.15, 0.2) is 42.7 Å². The van der Waals surface area contributed by atoms with Crippen LogP contribution in [0, 0.1) is 0 Å². The Kier molecular flexibility index (Phi) is 2.83. The van der Waals surface area contributed by atoms with Crippen LogP contribution in [0.25, 0.3) is 11.1 Å². The van der Waals surface area contributed by atoms with Crippen LogP contribution in [0.1, 0.15) is 6.92 Å². The summed E-state index contributed by atoms with van der Waals surface area (Å²) >= 11 is 0. The number of aliphatic hydroxyl groups excluding tert-OH is 1. The van der Waals surface area contributed by atoms with Crippen molar-refractivity contribution in [2.24, 2.45) is 0 Å². The molecular formula is C12H14N2O. The summed E-state index contributed by atoms with van der Waals surface area (Å²) in [5, 5.41) is 13.4. The standard InChI is InChI=1S/C12H14N2O/c1-10(15)8-14-9-12(7-13-14)11-5-3-2-4-6-11/h2-7,9-10,15H,8H2,1H3. The summed E-state index contributed by atoms with van der Waals surface area (Å²) in [7, 11) is 0. The zero-order chi connectivity index (χ0) is 10.7. The Bertz CT molecular complexity index is 420. The smallest absolute Gasteiger partial charge is 0.0708 e. The van der Waals surface area contributed by atoms with E-state index in [0.717, 1.165) is 11.1 Å². The van der Waals surface area contributed by atoms with Crippen molar-refractivity contribution in [2.75, 3.05) is 0 Å². The van der Waals surface area contributed by atoms with Gasteiger partial charge in [0.05, 0.1) is 18.8 Å². The summed E-state index contributed by atoms with van der Waals surface area (Å²) in [5.74, 6) is 0. The van der Waals surface area contributed by atoms with Crippen molar-refractivity contribution >= 4 is 0 Å². The van der Waals surface area contributed by atoms with Crippen LogP contribution in [0.4, 0.5) is 0 Å². The van der Waals surface area contributed by atoms with Gasteiger partial charge in [0.25, 0.3) is 0 Å². The van der Waals surface area contributed by atoms with Crippen LogP contribution in [0.3, 0.4) is 0 Å². The number of nitrogens with zero attached hydrogens (tertiary/aromatic N) is 2. The third kappa shape index (κ3) is 2.44. The topological polar surface area (TPSA) is 38.0 Å². The molecule has 1 aromatic heterocycles. The van der Waals surface area contributed by atoms with E-state index >= 15 is 0 Å². The maximum Gasteiger partial charge on any atom is 0.0708 e. The molecule has 0 bridgehead atoms. The average Bonchev–Trinajstić information content (AvgIpc) is 2.67. The molecule has 1 unspecified atom stereocenters. The Labute approximate surface area is 89.0 Å². The maximum absolute atomic E-state index is 9.22. The van der Waals surface area contributed by atoms with Gasteiger partial charge in [-0.3, -0.25) is 4.68 Å². The Balaban J connectivity index is 2.21. The number of benzene rings is 1. The molecule has 0 saturated heterocycles. The lowest BCUT2D eigenvalue weighted by Gasteiger charge is -2.02. The number of hydrogen-bond acceptors (Lipinski definition) is 2. The third-order valence-electron chi connectivity index (χ3n) is 2.19. The lowest BCUT2D eigenvalue weighted by atomic mass is 10.1. The molecule has 15 heavy (non-hydrogen) atoms. The first-order chi connectivity index (χ1) is 7.25. The van der Waals surface area contributed by atoms with Crippen LogP contribution in [-0.4, -0.2) is 21.0 Å². The number of rotatable bonds is 3. The first-order valence-corrected chi connectivity index (χ1v) is 5.01. The highest BCUT2D eigenvalue weighted by Gasteiger charge is 2.02. The fourth-order valence-corrected chi connectivity index (χ4v) is 1.51. The highest BCUT2D eigenvalue weighted by Crippen LogP contribution is 2.17. The maximum atomic E-state index is 9.22. The molecule has 0 radical (unpaired) electrons. The van der Waals surface area contributed by atoms with Gasteiger partial charge >= 0.3 is 0 Å². The lowest BCUT2D eigenvalue weighted by molar-refractivity contribution is 0.168. The molecule has 2 aromatic rings. The second kappa shape index (κ2) is 4.28.